The van der Waals surface area contributed by atoms with Crippen LogP contribution in [0.15, 0.2) is 18.2 Å². The van der Waals surface area contributed by atoms with E-state index in [2.05, 4.69) is 11.4 Å². The second-order valence-corrected chi connectivity index (χ2v) is 2.39. The lowest BCUT2D eigenvalue weighted by atomic mass is 10.2. The van der Waals surface area contributed by atoms with Crippen LogP contribution in [0.5, 0.6) is 0 Å². The van der Waals surface area contributed by atoms with Crippen LogP contribution in [0.1, 0.15) is 5.56 Å². The number of rotatable bonds is 3. The molecule has 2 heteroatoms. The normalized spacial score (nSPS) is 9.64. The fourth-order valence-electron chi connectivity index (χ4n) is 0.903. The molecule has 1 rings (SSSR count). The van der Waals surface area contributed by atoms with Crippen molar-refractivity contribution in [3.8, 4) is 0 Å². The van der Waals surface area contributed by atoms with Crippen molar-refractivity contribution in [1.29, 1.82) is 0 Å². The van der Waals surface area contributed by atoms with E-state index in [1.165, 1.54) is 0 Å². The van der Waals surface area contributed by atoms with Crippen LogP contribution in [0.25, 0.3) is 0 Å². The largest absolute Gasteiger partial charge is 0.395 e. The summed E-state index contributed by atoms with van der Waals surface area (Å²) in [6.07, 6.45) is 0. The Morgan fingerprint density at radius 1 is 1.64 bits per heavy atom. The number of anilines is 1. The lowest BCUT2D eigenvalue weighted by Crippen LogP contribution is -2.06. The van der Waals surface area contributed by atoms with Crippen LogP contribution in [0, 0.1) is 13.0 Å². The molecule has 2 nitrogen and oxygen atoms in total. The number of hydrogen-bond donors (Lipinski definition) is 2. The van der Waals surface area contributed by atoms with Crippen molar-refractivity contribution in [1.82, 2.24) is 0 Å². The van der Waals surface area contributed by atoms with E-state index >= 15 is 0 Å². The van der Waals surface area contributed by atoms with E-state index in [0.29, 0.717) is 6.54 Å². The molecule has 0 aliphatic carbocycles. The van der Waals surface area contributed by atoms with Gasteiger partial charge in [-0.3, -0.25) is 0 Å². The molecule has 2 N–H and O–H groups in total. The van der Waals surface area contributed by atoms with Crippen LogP contribution in [-0.4, -0.2) is 18.3 Å². The zero-order valence-electron chi connectivity index (χ0n) is 6.59. The molecule has 0 bridgehead atoms. The first kappa shape index (κ1) is 8.08. The van der Waals surface area contributed by atoms with Crippen LogP contribution in [-0.2, 0) is 0 Å². The molecule has 1 aromatic carbocycles. The Morgan fingerprint density at radius 2 is 2.45 bits per heavy atom. The van der Waals surface area contributed by atoms with E-state index in [4.69, 9.17) is 5.11 Å². The highest BCUT2D eigenvalue weighted by molar-refractivity contribution is 5.49. The summed E-state index contributed by atoms with van der Waals surface area (Å²) in [6, 6.07) is 8.69. The molecular weight excluding hydrogens is 138 g/mol. The second kappa shape index (κ2) is 3.98. The monoisotopic (exact) mass is 150 g/mol. The Morgan fingerprint density at radius 3 is 3.09 bits per heavy atom. The maximum absolute atomic E-state index is 8.55. The van der Waals surface area contributed by atoms with Gasteiger partial charge in [-0.2, -0.15) is 0 Å². The Labute approximate surface area is 66.9 Å². The molecule has 0 fully saturated rings. The van der Waals surface area contributed by atoms with Crippen molar-refractivity contribution < 1.29 is 5.11 Å². The van der Waals surface area contributed by atoms with E-state index in [1.807, 2.05) is 25.1 Å². The van der Waals surface area contributed by atoms with Crippen molar-refractivity contribution >= 4 is 5.69 Å². The highest BCUT2D eigenvalue weighted by atomic mass is 16.3. The molecule has 0 aliphatic rings. The smallest absolute Gasteiger partial charge is 0.0604 e. The molecule has 0 saturated heterocycles. The lowest BCUT2D eigenvalue weighted by molar-refractivity contribution is 0.311. The van der Waals surface area contributed by atoms with E-state index in [-0.39, 0.29) is 6.61 Å². The van der Waals surface area contributed by atoms with Gasteiger partial charge in [-0.1, -0.05) is 6.07 Å². The van der Waals surface area contributed by atoms with Gasteiger partial charge in [0.25, 0.3) is 0 Å². The van der Waals surface area contributed by atoms with Crippen molar-refractivity contribution in [2.24, 2.45) is 0 Å². The summed E-state index contributed by atoms with van der Waals surface area (Å²) in [7, 11) is 0. The Bertz CT molecular complexity index is 223. The molecular formula is C9H12NO. The van der Waals surface area contributed by atoms with Crippen molar-refractivity contribution in [2.45, 2.75) is 6.92 Å². The zero-order chi connectivity index (χ0) is 8.10. The van der Waals surface area contributed by atoms with Crippen LogP contribution < -0.4 is 5.32 Å². The minimum Gasteiger partial charge on any atom is -0.395 e. The van der Waals surface area contributed by atoms with E-state index in [9.17, 15) is 0 Å². The van der Waals surface area contributed by atoms with Crippen LogP contribution in [0.3, 0.4) is 0 Å². The number of aliphatic hydroxyl groups is 1. The Kier molecular flexibility index (Phi) is 2.93. The van der Waals surface area contributed by atoms with Gasteiger partial charge in [0.1, 0.15) is 0 Å². The van der Waals surface area contributed by atoms with Gasteiger partial charge in [-0.15, -0.1) is 0 Å². The van der Waals surface area contributed by atoms with Crippen molar-refractivity contribution in [3.63, 3.8) is 0 Å². The molecule has 0 aliphatic heterocycles. The standard InChI is InChI=1S/C9H12NO/c1-8-4-2-3-5-9(8)10-6-7-11/h3-5,10-11H,6-7H2,1H3. The molecule has 0 saturated carbocycles. The molecule has 0 aromatic heterocycles. The summed E-state index contributed by atoms with van der Waals surface area (Å²) in [5.74, 6) is 0. The molecule has 1 aromatic rings. The molecule has 0 atom stereocenters. The molecule has 0 spiro atoms. The first-order valence-electron chi connectivity index (χ1n) is 3.66. The molecule has 0 heterocycles. The second-order valence-electron chi connectivity index (χ2n) is 2.39. The van der Waals surface area contributed by atoms with Crippen LogP contribution in [0.2, 0.25) is 0 Å². The third-order valence-corrected chi connectivity index (χ3v) is 1.50. The third kappa shape index (κ3) is 2.24. The van der Waals surface area contributed by atoms with Gasteiger partial charge in [-0.25, -0.2) is 0 Å². The maximum atomic E-state index is 8.55. The summed E-state index contributed by atoms with van der Waals surface area (Å²) >= 11 is 0. The highest BCUT2D eigenvalue weighted by Gasteiger charge is 1.92. The SMILES string of the molecule is Cc1c[c]ccc1NCCO. The van der Waals surface area contributed by atoms with Crippen LogP contribution >= 0.6 is 0 Å². The summed E-state index contributed by atoms with van der Waals surface area (Å²) in [4.78, 5) is 0. The Balaban J connectivity index is 2.62. The van der Waals surface area contributed by atoms with Gasteiger partial charge in [0.15, 0.2) is 0 Å². The average molecular weight is 150 g/mol. The fourth-order valence-corrected chi connectivity index (χ4v) is 0.903. The first-order chi connectivity index (χ1) is 5.34. The number of aliphatic hydroxyl groups excluding tert-OH is 1. The predicted molar refractivity (Wildman–Crippen MR) is 45.6 cm³/mol. The topological polar surface area (TPSA) is 32.3 Å². The van der Waals surface area contributed by atoms with E-state index < -0.39 is 0 Å². The van der Waals surface area contributed by atoms with E-state index in [0.717, 1.165) is 11.3 Å². The van der Waals surface area contributed by atoms with Crippen molar-refractivity contribution in [2.75, 3.05) is 18.5 Å². The van der Waals surface area contributed by atoms with Gasteiger partial charge >= 0.3 is 0 Å². The third-order valence-electron chi connectivity index (χ3n) is 1.50. The van der Waals surface area contributed by atoms with Gasteiger partial charge in [0.05, 0.1) is 6.61 Å². The highest BCUT2D eigenvalue weighted by Crippen LogP contribution is 2.11. The van der Waals surface area contributed by atoms with Crippen molar-refractivity contribution in [3.05, 3.63) is 29.8 Å². The Hall–Kier alpha value is -1.02. The number of aryl methyl sites for hydroxylation is 1. The number of nitrogens with one attached hydrogen (secondary N) is 1. The minimum absolute atomic E-state index is 0.165. The number of benzene rings is 1. The molecule has 11 heavy (non-hydrogen) atoms. The summed E-state index contributed by atoms with van der Waals surface area (Å²) < 4.78 is 0. The molecule has 0 amide bonds. The lowest BCUT2D eigenvalue weighted by Gasteiger charge is -2.06. The number of hydrogen-bond acceptors (Lipinski definition) is 2. The van der Waals surface area contributed by atoms with E-state index in [1.54, 1.807) is 0 Å². The first-order valence-corrected chi connectivity index (χ1v) is 3.66. The van der Waals surface area contributed by atoms with Gasteiger partial charge in [0, 0.05) is 12.2 Å². The molecule has 1 radical (unpaired) electrons. The summed E-state index contributed by atoms with van der Waals surface area (Å²) in [5, 5.41) is 11.6. The van der Waals surface area contributed by atoms with Gasteiger partial charge in [0.2, 0.25) is 0 Å². The average Bonchev–Trinajstić information content (AvgIpc) is 2.03. The predicted octanol–water partition coefficient (Wildman–Crippen LogP) is 1.20. The van der Waals surface area contributed by atoms with Crippen LogP contribution in [0.4, 0.5) is 5.69 Å². The fraction of sp³-hybridized carbons (Fsp3) is 0.333. The van der Waals surface area contributed by atoms with Gasteiger partial charge in [-0.05, 0) is 30.7 Å². The van der Waals surface area contributed by atoms with Gasteiger partial charge < -0.3 is 10.4 Å². The minimum atomic E-state index is 0.165. The molecule has 0 unspecified atom stereocenters. The zero-order valence-corrected chi connectivity index (χ0v) is 6.59. The quantitative estimate of drug-likeness (QED) is 0.678. The maximum Gasteiger partial charge on any atom is 0.0604 e. The summed E-state index contributed by atoms with van der Waals surface area (Å²) in [5.41, 5.74) is 2.22. The summed E-state index contributed by atoms with van der Waals surface area (Å²) in [6.45, 7) is 2.78. The molecule has 59 valence electrons.